The number of hydrazine groups is 1. The second-order valence-electron chi connectivity index (χ2n) is 3.24. The molecule has 0 atom stereocenters. The molecule has 0 aromatic carbocycles. The van der Waals surface area contributed by atoms with E-state index in [4.69, 9.17) is 10.4 Å². The van der Waals surface area contributed by atoms with Gasteiger partial charge < -0.3 is 5.21 Å². The second kappa shape index (κ2) is 3.41. The van der Waals surface area contributed by atoms with Crippen LogP contribution in [0, 0.1) is 0 Å². The molecule has 0 aliphatic rings. The van der Waals surface area contributed by atoms with Gasteiger partial charge in [0.1, 0.15) is 0 Å². The monoisotopic (exact) mass is 162 g/mol. The van der Waals surface area contributed by atoms with Crippen LogP contribution in [0.1, 0.15) is 27.7 Å². The first-order valence-corrected chi connectivity index (χ1v) is 3.55. The number of hydrogen-bond donors (Lipinski definition) is 2. The Kier molecular flexibility index (Phi) is 3.10. The summed E-state index contributed by atoms with van der Waals surface area (Å²) in [6, 6.07) is 0. The van der Waals surface area contributed by atoms with Crippen LogP contribution in [0.5, 0.6) is 0 Å². The molecule has 0 aromatic rings. The van der Waals surface area contributed by atoms with Crippen LogP contribution in [0.4, 0.5) is 0 Å². The lowest BCUT2D eigenvalue weighted by molar-refractivity contribution is -0.948. The summed E-state index contributed by atoms with van der Waals surface area (Å²) in [6.45, 7) is 8.16. The molecule has 5 heteroatoms. The molecule has 5 nitrogen and oxygen atoms in total. The third kappa shape index (κ3) is 2.61. The van der Waals surface area contributed by atoms with Gasteiger partial charge in [-0.25, -0.2) is 5.21 Å². The third-order valence-electron chi connectivity index (χ3n) is 1.37. The quantitative estimate of drug-likeness (QED) is 0.365. The summed E-state index contributed by atoms with van der Waals surface area (Å²) >= 11 is 0. The van der Waals surface area contributed by atoms with Gasteiger partial charge in [0, 0.05) is 0 Å². The Bertz CT molecular complexity index is 150. The molecule has 0 radical (unpaired) electrons. The molecule has 0 aromatic heterocycles. The van der Waals surface area contributed by atoms with Crippen molar-refractivity contribution in [3.05, 3.63) is 0 Å². The van der Waals surface area contributed by atoms with Gasteiger partial charge in [-0.05, 0) is 27.7 Å². The summed E-state index contributed by atoms with van der Waals surface area (Å²) in [5.41, 5.74) is -0.254. The van der Waals surface area contributed by atoms with Gasteiger partial charge in [-0.15, -0.1) is 5.01 Å². The SMILES string of the molecule is CCN([N+](O)=NO)C(C)(C)C. The Labute approximate surface area is 66.4 Å². The van der Waals surface area contributed by atoms with Crippen LogP contribution in [0.25, 0.3) is 0 Å². The van der Waals surface area contributed by atoms with E-state index in [1.807, 2.05) is 27.7 Å². The summed E-state index contributed by atoms with van der Waals surface area (Å²) in [5, 5.41) is 21.4. The molecule has 0 aliphatic heterocycles. The third-order valence-corrected chi connectivity index (χ3v) is 1.37. The van der Waals surface area contributed by atoms with Gasteiger partial charge in [-0.2, -0.15) is 0 Å². The number of rotatable bonds is 2. The van der Waals surface area contributed by atoms with E-state index in [0.717, 1.165) is 0 Å². The van der Waals surface area contributed by atoms with Crippen LogP contribution in [0.2, 0.25) is 0 Å². The molecule has 0 spiro atoms. The minimum absolute atomic E-state index is 0.254. The topological polar surface area (TPSA) is 59.1 Å². The lowest BCUT2D eigenvalue weighted by atomic mass is 10.1. The van der Waals surface area contributed by atoms with Crippen LogP contribution in [0.15, 0.2) is 5.28 Å². The van der Waals surface area contributed by atoms with Crippen molar-refractivity contribution in [2.45, 2.75) is 33.2 Å². The maximum Gasteiger partial charge on any atom is 0.271 e. The molecule has 0 saturated carbocycles. The van der Waals surface area contributed by atoms with Gasteiger partial charge in [-0.1, -0.05) is 0 Å². The molecule has 0 rings (SSSR count). The zero-order chi connectivity index (χ0) is 9.07. The molecule has 0 saturated heterocycles. The van der Waals surface area contributed by atoms with E-state index >= 15 is 0 Å². The Balaban J connectivity index is 4.42. The summed E-state index contributed by atoms with van der Waals surface area (Å²) in [5.74, 6) is 0. The summed E-state index contributed by atoms with van der Waals surface area (Å²) < 4.78 is 0. The smallest absolute Gasteiger partial charge is 0.271 e. The van der Waals surface area contributed by atoms with Crippen molar-refractivity contribution in [1.82, 2.24) is 5.01 Å². The second-order valence-corrected chi connectivity index (χ2v) is 3.24. The van der Waals surface area contributed by atoms with E-state index in [1.165, 1.54) is 5.01 Å². The van der Waals surface area contributed by atoms with Crippen LogP contribution in [-0.4, -0.2) is 32.5 Å². The Morgan fingerprint density at radius 2 is 1.91 bits per heavy atom. The molecule has 66 valence electrons. The van der Waals surface area contributed by atoms with Crippen molar-refractivity contribution in [2.75, 3.05) is 6.54 Å². The van der Waals surface area contributed by atoms with E-state index in [-0.39, 0.29) is 5.54 Å². The molecule has 0 bridgehead atoms. The average Bonchev–Trinajstić information content (AvgIpc) is 1.86. The summed E-state index contributed by atoms with van der Waals surface area (Å²) in [6.07, 6.45) is 0. The fourth-order valence-corrected chi connectivity index (χ4v) is 0.917. The van der Waals surface area contributed by atoms with Gasteiger partial charge in [0.25, 0.3) is 10.2 Å². The lowest BCUT2D eigenvalue weighted by Gasteiger charge is -2.24. The maximum absolute atomic E-state index is 9.00. The van der Waals surface area contributed by atoms with E-state index in [0.29, 0.717) is 11.5 Å². The summed E-state index contributed by atoms with van der Waals surface area (Å²) in [4.78, 5) is 0.444. The molecule has 0 aliphatic carbocycles. The standard InChI is InChI=1S/C6H15N3O2/c1-5-8(6(2,3)4)9(11)7-10/h11H,5H2,1-4H3/p+1. The molecule has 0 fully saturated rings. The van der Waals surface area contributed by atoms with Gasteiger partial charge >= 0.3 is 0 Å². The lowest BCUT2D eigenvalue weighted by Crippen LogP contribution is -2.46. The highest BCUT2D eigenvalue weighted by molar-refractivity contribution is 4.66. The van der Waals surface area contributed by atoms with Gasteiger partial charge in [-0.3, -0.25) is 0 Å². The molecule has 0 unspecified atom stereocenters. The minimum atomic E-state index is -0.254. The van der Waals surface area contributed by atoms with E-state index < -0.39 is 0 Å². The van der Waals surface area contributed by atoms with Crippen LogP contribution < -0.4 is 0 Å². The molecular weight excluding hydrogens is 146 g/mol. The molecule has 0 amide bonds. The van der Waals surface area contributed by atoms with Crippen molar-refractivity contribution >= 4 is 0 Å². The highest BCUT2D eigenvalue weighted by Gasteiger charge is 2.30. The first-order valence-electron chi connectivity index (χ1n) is 3.55. The largest absolute Gasteiger partial charge is 0.357 e. The zero-order valence-electron chi connectivity index (χ0n) is 7.44. The normalized spacial score (nSPS) is 13.3. The van der Waals surface area contributed by atoms with E-state index in [1.54, 1.807) is 0 Å². The average molecular weight is 162 g/mol. The minimum Gasteiger partial charge on any atom is -0.357 e. The van der Waals surface area contributed by atoms with Crippen molar-refractivity contribution in [1.29, 1.82) is 0 Å². The van der Waals surface area contributed by atoms with Crippen LogP contribution >= 0.6 is 0 Å². The van der Waals surface area contributed by atoms with Crippen molar-refractivity contribution in [3.8, 4) is 0 Å². The van der Waals surface area contributed by atoms with Crippen molar-refractivity contribution in [2.24, 2.45) is 5.28 Å². The van der Waals surface area contributed by atoms with Gasteiger partial charge in [0.2, 0.25) is 0 Å². The predicted octanol–water partition coefficient (Wildman–Crippen LogP) is 1.26. The van der Waals surface area contributed by atoms with Crippen molar-refractivity contribution in [3.63, 3.8) is 0 Å². The Hall–Kier alpha value is -1.00. The number of nitrogens with zero attached hydrogens (tertiary/aromatic N) is 3. The van der Waals surface area contributed by atoms with Gasteiger partial charge in [0.15, 0.2) is 0 Å². The molecule has 2 N–H and O–H groups in total. The van der Waals surface area contributed by atoms with Crippen molar-refractivity contribution < 1.29 is 15.4 Å². The number of hydrogen-bond acceptors (Lipinski definition) is 1. The van der Waals surface area contributed by atoms with E-state index in [9.17, 15) is 0 Å². The highest BCUT2D eigenvalue weighted by Crippen LogP contribution is 2.11. The fourth-order valence-electron chi connectivity index (χ4n) is 0.917. The van der Waals surface area contributed by atoms with Gasteiger partial charge in [0.05, 0.1) is 12.1 Å². The fraction of sp³-hybridized carbons (Fsp3) is 1.00. The highest BCUT2D eigenvalue weighted by atomic mass is 16.6. The molecule has 0 heterocycles. The van der Waals surface area contributed by atoms with Crippen LogP contribution in [-0.2, 0) is 0 Å². The zero-order valence-corrected chi connectivity index (χ0v) is 7.44. The first-order chi connectivity index (χ1) is 4.93. The maximum atomic E-state index is 9.00. The first kappa shape index (κ1) is 10.0. The Morgan fingerprint density at radius 3 is 2.00 bits per heavy atom. The van der Waals surface area contributed by atoms with Crippen LogP contribution in [0.3, 0.4) is 0 Å². The Morgan fingerprint density at radius 1 is 1.45 bits per heavy atom. The molecule has 11 heavy (non-hydrogen) atoms. The van der Waals surface area contributed by atoms with E-state index in [2.05, 4.69) is 5.28 Å². The summed E-state index contributed by atoms with van der Waals surface area (Å²) in [7, 11) is 0. The predicted molar refractivity (Wildman–Crippen MR) is 38.4 cm³/mol. The molecular formula is C6H16N3O2+.